The fourth-order valence-corrected chi connectivity index (χ4v) is 10.7. The van der Waals surface area contributed by atoms with Gasteiger partial charge in [-0.3, -0.25) is 0 Å². The van der Waals surface area contributed by atoms with Crippen molar-refractivity contribution in [2.75, 3.05) is 0 Å². The molecule has 0 atom stereocenters. The molecule has 2 aromatic heterocycles. The van der Waals surface area contributed by atoms with E-state index in [9.17, 15) is 0 Å². The molecule has 13 rings (SSSR count). The molecule has 0 saturated carbocycles. The number of nitrogens with zero attached hydrogens (tertiary/aromatic N) is 3. The summed E-state index contributed by atoms with van der Waals surface area (Å²) in [4.78, 5) is 16.3. The van der Waals surface area contributed by atoms with Crippen molar-refractivity contribution in [3.8, 4) is 45.3 Å². The molecule has 0 amide bonds. The molecule has 0 spiro atoms. The van der Waals surface area contributed by atoms with Crippen LogP contribution in [0, 0.1) is 0 Å². The molecule has 0 radical (unpaired) electrons. The lowest BCUT2D eigenvalue weighted by Gasteiger charge is -2.16. The summed E-state index contributed by atoms with van der Waals surface area (Å²) in [6.45, 7) is 0. The Hall–Kier alpha value is -7.79. The first-order valence-electron chi connectivity index (χ1n) is 20.7. The van der Waals surface area contributed by atoms with Gasteiger partial charge in [0.25, 0.3) is 0 Å². The molecule has 4 heteroatoms. The Kier molecular flexibility index (Phi) is 7.47. The zero-order valence-corrected chi connectivity index (χ0v) is 33.6. The van der Waals surface area contributed by atoms with Gasteiger partial charge >= 0.3 is 0 Å². The highest BCUT2D eigenvalue weighted by atomic mass is 32.1. The number of fused-ring (bicyclic) bond motifs is 12. The third-order valence-electron chi connectivity index (χ3n) is 12.4. The van der Waals surface area contributed by atoms with Gasteiger partial charge in [0.05, 0.1) is 0 Å². The molecule has 0 bridgehead atoms. The highest BCUT2D eigenvalue weighted by molar-refractivity contribution is 7.26. The number of aromatic nitrogens is 3. The lowest BCUT2D eigenvalue weighted by molar-refractivity contribution is 1.08. The first-order chi connectivity index (χ1) is 30.2. The van der Waals surface area contributed by atoms with E-state index >= 15 is 0 Å². The Balaban J connectivity index is 1.13. The predicted molar refractivity (Wildman–Crippen MR) is 259 cm³/mol. The van der Waals surface area contributed by atoms with Gasteiger partial charge in [-0.1, -0.05) is 170 Å². The number of hydrogen-bond donors (Lipinski definition) is 0. The number of rotatable bonds is 4. The summed E-state index contributed by atoms with van der Waals surface area (Å²) < 4.78 is 2.45. The predicted octanol–water partition coefficient (Wildman–Crippen LogP) is 15.8. The van der Waals surface area contributed by atoms with Crippen LogP contribution in [0.3, 0.4) is 0 Å². The lowest BCUT2D eigenvalue weighted by Crippen LogP contribution is -2.01. The quantitative estimate of drug-likeness (QED) is 0.167. The van der Waals surface area contributed by atoms with E-state index in [1.807, 2.05) is 11.3 Å². The van der Waals surface area contributed by atoms with Crippen molar-refractivity contribution in [3.63, 3.8) is 0 Å². The average Bonchev–Trinajstić information content (AvgIpc) is 3.69. The van der Waals surface area contributed by atoms with E-state index in [0.29, 0.717) is 17.5 Å². The smallest absolute Gasteiger partial charge is 0.165 e. The largest absolute Gasteiger partial charge is 0.208 e. The molecule has 0 N–H and O–H groups in total. The minimum Gasteiger partial charge on any atom is -0.208 e. The second-order valence-electron chi connectivity index (χ2n) is 15.9. The summed E-state index contributed by atoms with van der Waals surface area (Å²) in [5.74, 6) is 1.94. The van der Waals surface area contributed by atoms with Crippen molar-refractivity contribution >= 4 is 96.1 Å². The summed E-state index contributed by atoms with van der Waals surface area (Å²) in [6, 6.07) is 72.2. The van der Waals surface area contributed by atoms with Crippen LogP contribution in [0.1, 0.15) is 0 Å². The molecule has 0 aliphatic heterocycles. The van der Waals surface area contributed by atoms with Gasteiger partial charge in [0.15, 0.2) is 17.5 Å². The van der Waals surface area contributed by atoms with Crippen molar-refractivity contribution in [2.24, 2.45) is 0 Å². The van der Waals surface area contributed by atoms with Crippen LogP contribution in [0.15, 0.2) is 200 Å². The molecule has 13 aromatic rings. The van der Waals surface area contributed by atoms with Crippen molar-refractivity contribution in [2.45, 2.75) is 0 Å². The van der Waals surface area contributed by atoms with E-state index in [1.165, 1.54) is 79.6 Å². The summed E-state index contributed by atoms with van der Waals surface area (Å²) in [7, 11) is 0. The van der Waals surface area contributed by atoms with Gasteiger partial charge in [-0.2, -0.15) is 0 Å². The second-order valence-corrected chi connectivity index (χ2v) is 17.0. The van der Waals surface area contributed by atoms with Crippen molar-refractivity contribution in [1.82, 2.24) is 15.0 Å². The molecule has 0 saturated heterocycles. The molecule has 0 unspecified atom stereocenters. The Morgan fingerprint density at radius 1 is 0.262 bits per heavy atom. The van der Waals surface area contributed by atoms with Crippen LogP contribution >= 0.6 is 11.3 Å². The normalized spacial score (nSPS) is 11.9. The van der Waals surface area contributed by atoms with Gasteiger partial charge in [-0.05, 0) is 101 Å². The van der Waals surface area contributed by atoms with Crippen LogP contribution in [0.4, 0.5) is 0 Å². The molecule has 0 aliphatic carbocycles. The minimum absolute atomic E-state index is 0.637. The molecule has 0 fully saturated rings. The third kappa shape index (κ3) is 5.46. The first kappa shape index (κ1) is 34.1. The van der Waals surface area contributed by atoms with Gasteiger partial charge in [0.1, 0.15) is 0 Å². The van der Waals surface area contributed by atoms with Gasteiger partial charge in [0.2, 0.25) is 0 Å². The van der Waals surface area contributed by atoms with Crippen LogP contribution < -0.4 is 0 Å². The highest BCUT2D eigenvalue weighted by Crippen LogP contribution is 2.49. The number of hydrogen-bond acceptors (Lipinski definition) is 4. The fraction of sp³-hybridized carbons (Fsp3) is 0. The lowest BCUT2D eigenvalue weighted by atomic mass is 9.89. The topological polar surface area (TPSA) is 38.7 Å². The summed E-state index contributed by atoms with van der Waals surface area (Å²) >= 11 is 1.85. The molecular formula is C57H33N3S. The van der Waals surface area contributed by atoms with Crippen LogP contribution in [-0.2, 0) is 0 Å². The standard InChI is InChI=1S/C57H33N3S/c1-3-13-38-29-42(27-23-34(38)11-1)36-21-25-37(26-22-36)55-58-56(43-28-24-35-12-2-4-14-39(35)30-43)60-57(59-55)54-52-47-20-10-9-18-45(47)44-17-7-8-19-46(44)48(52)33-51-53(54)49-31-40-15-5-6-16-41(40)32-50(49)61-51/h1-33H. The zero-order valence-electron chi connectivity index (χ0n) is 32.8. The maximum absolute atomic E-state index is 5.52. The van der Waals surface area contributed by atoms with Crippen LogP contribution in [0.2, 0.25) is 0 Å². The average molecular weight is 792 g/mol. The highest BCUT2D eigenvalue weighted by Gasteiger charge is 2.23. The molecule has 11 aromatic carbocycles. The number of thiophene rings is 1. The van der Waals surface area contributed by atoms with E-state index in [1.54, 1.807) is 0 Å². The number of benzene rings is 11. The van der Waals surface area contributed by atoms with Crippen molar-refractivity contribution < 1.29 is 0 Å². The Labute approximate surface area is 354 Å². The molecule has 61 heavy (non-hydrogen) atoms. The van der Waals surface area contributed by atoms with Crippen LogP contribution in [0.5, 0.6) is 0 Å². The van der Waals surface area contributed by atoms with Crippen LogP contribution in [0.25, 0.3) is 130 Å². The summed E-state index contributed by atoms with van der Waals surface area (Å²) in [5, 5.41) is 16.8. The second kappa shape index (κ2) is 13.4. The Morgan fingerprint density at radius 2 is 0.721 bits per heavy atom. The summed E-state index contributed by atoms with van der Waals surface area (Å²) in [6.07, 6.45) is 0. The zero-order chi connectivity index (χ0) is 40.0. The monoisotopic (exact) mass is 791 g/mol. The van der Waals surface area contributed by atoms with E-state index < -0.39 is 0 Å². The fourth-order valence-electron chi connectivity index (χ4n) is 9.48. The van der Waals surface area contributed by atoms with Gasteiger partial charge in [-0.15, -0.1) is 11.3 Å². The molecule has 3 nitrogen and oxygen atoms in total. The first-order valence-corrected chi connectivity index (χ1v) is 21.5. The van der Waals surface area contributed by atoms with Gasteiger partial charge in [0, 0.05) is 42.2 Å². The summed E-state index contributed by atoms with van der Waals surface area (Å²) in [5.41, 5.74) is 5.24. The van der Waals surface area contributed by atoms with E-state index in [2.05, 4.69) is 200 Å². The SMILES string of the molecule is c1ccc2cc(-c3ccc(-c4nc(-c5ccc6ccccc6c5)nc(-c5c6c(cc7c8ccccc8c8ccccc8c57)sc5cc7ccccc7cc56)n4)cc3)ccc2c1. The molecule has 282 valence electrons. The van der Waals surface area contributed by atoms with Crippen molar-refractivity contribution in [1.29, 1.82) is 0 Å². The van der Waals surface area contributed by atoms with Gasteiger partial charge in [-0.25, -0.2) is 15.0 Å². The molecule has 0 aliphatic rings. The van der Waals surface area contributed by atoms with E-state index in [0.717, 1.165) is 33.0 Å². The Morgan fingerprint density at radius 3 is 1.39 bits per heavy atom. The third-order valence-corrected chi connectivity index (χ3v) is 13.5. The maximum atomic E-state index is 5.52. The van der Waals surface area contributed by atoms with Crippen molar-refractivity contribution in [3.05, 3.63) is 200 Å². The minimum atomic E-state index is 0.637. The maximum Gasteiger partial charge on any atom is 0.165 e. The van der Waals surface area contributed by atoms with E-state index in [4.69, 9.17) is 15.0 Å². The Bertz CT molecular complexity index is 3940. The van der Waals surface area contributed by atoms with Gasteiger partial charge < -0.3 is 0 Å². The molecular weight excluding hydrogens is 759 g/mol. The van der Waals surface area contributed by atoms with Crippen LogP contribution in [-0.4, -0.2) is 15.0 Å². The molecule has 2 heterocycles. The van der Waals surface area contributed by atoms with E-state index in [-0.39, 0.29) is 0 Å².